The zero-order valence-electron chi connectivity index (χ0n) is 11.3. The molecule has 0 aromatic carbocycles. The lowest BCUT2D eigenvalue weighted by Crippen LogP contribution is -2.31. The normalized spacial score (nSPS) is 18.5. The van der Waals surface area contributed by atoms with E-state index in [1.807, 2.05) is 39.8 Å². The standard InChI is InChI=1S/C15H14N4O2/c20-15(13-10-16-14-5-1-2-7-18(13)14)19-8-3-4-12(19)11-6-9-21-17-11/h1-2,5-7,9-10,12H,3-4,8H2/t12-/m0/s1. The third kappa shape index (κ3) is 1.91. The third-order valence-electron chi connectivity index (χ3n) is 3.95. The van der Waals surface area contributed by atoms with Crippen molar-refractivity contribution >= 4 is 11.6 Å². The summed E-state index contributed by atoms with van der Waals surface area (Å²) in [5.74, 6) is -0.0146. The smallest absolute Gasteiger partial charge is 0.273 e. The van der Waals surface area contributed by atoms with Crippen LogP contribution in [0.2, 0.25) is 0 Å². The minimum Gasteiger partial charge on any atom is -0.364 e. The second-order valence-electron chi connectivity index (χ2n) is 5.15. The van der Waals surface area contributed by atoms with Crippen LogP contribution in [-0.4, -0.2) is 31.9 Å². The van der Waals surface area contributed by atoms with E-state index in [-0.39, 0.29) is 11.9 Å². The molecule has 0 radical (unpaired) electrons. The van der Waals surface area contributed by atoms with Crippen LogP contribution in [0, 0.1) is 0 Å². The molecule has 3 aromatic rings. The molecule has 4 rings (SSSR count). The van der Waals surface area contributed by atoms with E-state index in [2.05, 4.69) is 10.1 Å². The predicted octanol–water partition coefficient (Wildman–Crippen LogP) is 2.30. The molecule has 4 heterocycles. The predicted molar refractivity (Wildman–Crippen MR) is 74.7 cm³/mol. The molecule has 0 unspecified atom stereocenters. The summed E-state index contributed by atoms with van der Waals surface area (Å²) in [7, 11) is 0. The summed E-state index contributed by atoms with van der Waals surface area (Å²) in [5.41, 5.74) is 2.17. The maximum absolute atomic E-state index is 12.8. The molecule has 0 aliphatic carbocycles. The zero-order chi connectivity index (χ0) is 14.2. The van der Waals surface area contributed by atoms with Gasteiger partial charge < -0.3 is 9.42 Å². The van der Waals surface area contributed by atoms with Crippen LogP contribution in [0.25, 0.3) is 5.65 Å². The molecule has 21 heavy (non-hydrogen) atoms. The second kappa shape index (κ2) is 4.73. The third-order valence-corrected chi connectivity index (χ3v) is 3.95. The number of likely N-dealkylation sites (tertiary alicyclic amines) is 1. The zero-order valence-corrected chi connectivity index (χ0v) is 11.3. The molecule has 1 aliphatic heterocycles. The number of amides is 1. The molecule has 1 amide bonds. The molecule has 6 heteroatoms. The van der Waals surface area contributed by atoms with Crippen LogP contribution in [0.4, 0.5) is 0 Å². The molecule has 3 aromatic heterocycles. The van der Waals surface area contributed by atoms with Crippen LogP contribution >= 0.6 is 0 Å². The Morgan fingerprint density at radius 2 is 2.29 bits per heavy atom. The molecule has 0 bridgehead atoms. The van der Waals surface area contributed by atoms with Crippen molar-refractivity contribution in [1.82, 2.24) is 19.4 Å². The highest BCUT2D eigenvalue weighted by Gasteiger charge is 2.33. The number of hydrogen-bond acceptors (Lipinski definition) is 4. The summed E-state index contributed by atoms with van der Waals surface area (Å²) in [6.07, 6.45) is 6.92. The van der Waals surface area contributed by atoms with E-state index in [0.29, 0.717) is 5.69 Å². The number of pyridine rings is 1. The van der Waals surface area contributed by atoms with Crippen molar-refractivity contribution < 1.29 is 9.32 Å². The van der Waals surface area contributed by atoms with E-state index >= 15 is 0 Å². The lowest BCUT2D eigenvalue weighted by Gasteiger charge is -2.22. The van der Waals surface area contributed by atoms with Gasteiger partial charge in [0.05, 0.1) is 12.2 Å². The Bertz CT molecular complexity index is 778. The van der Waals surface area contributed by atoms with Gasteiger partial charge in [-0.1, -0.05) is 11.2 Å². The SMILES string of the molecule is O=C(c1cnc2ccccn12)N1CCC[C@H]1c1ccon1. The van der Waals surface area contributed by atoms with Crippen molar-refractivity contribution in [3.8, 4) is 0 Å². The molecule has 0 saturated carbocycles. The Balaban J connectivity index is 1.71. The Morgan fingerprint density at radius 1 is 1.33 bits per heavy atom. The number of imidazole rings is 1. The number of nitrogens with zero attached hydrogens (tertiary/aromatic N) is 4. The average Bonchev–Trinajstić information content (AvgIpc) is 3.25. The first-order valence-corrected chi connectivity index (χ1v) is 6.98. The highest BCUT2D eigenvalue weighted by Crippen LogP contribution is 2.32. The van der Waals surface area contributed by atoms with Crippen LogP contribution in [0.3, 0.4) is 0 Å². The maximum atomic E-state index is 12.8. The van der Waals surface area contributed by atoms with Crippen molar-refractivity contribution in [2.24, 2.45) is 0 Å². The number of aromatic nitrogens is 3. The number of fused-ring (bicyclic) bond motifs is 1. The summed E-state index contributed by atoms with van der Waals surface area (Å²) < 4.78 is 6.73. The van der Waals surface area contributed by atoms with Crippen molar-refractivity contribution in [2.45, 2.75) is 18.9 Å². The van der Waals surface area contributed by atoms with E-state index < -0.39 is 0 Å². The molecule has 6 nitrogen and oxygen atoms in total. The van der Waals surface area contributed by atoms with Gasteiger partial charge in [-0.3, -0.25) is 9.20 Å². The number of carbonyl (C=O) groups excluding carboxylic acids is 1. The Kier molecular flexibility index (Phi) is 2.73. The molecule has 1 aliphatic rings. The van der Waals surface area contributed by atoms with Gasteiger partial charge in [-0.2, -0.15) is 0 Å². The van der Waals surface area contributed by atoms with Gasteiger partial charge in [-0.05, 0) is 25.0 Å². The fourth-order valence-electron chi connectivity index (χ4n) is 2.95. The average molecular weight is 282 g/mol. The van der Waals surface area contributed by atoms with Gasteiger partial charge in [0.1, 0.15) is 23.3 Å². The van der Waals surface area contributed by atoms with Crippen LogP contribution < -0.4 is 0 Å². The minimum absolute atomic E-state index is 0.00878. The van der Waals surface area contributed by atoms with Gasteiger partial charge >= 0.3 is 0 Å². The number of carbonyl (C=O) groups is 1. The van der Waals surface area contributed by atoms with Crippen LogP contribution in [0.1, 0.15) is 35.1 Å². The number of rotatable bonds is 2. The first-order valence-electron chi connectivity index (χ1n) is 6.98. The van der Waals surface area contributed by atoms with Gasteiger partial charge in [0.15, 0.2) is 0 Å². The van der Waals surface area contributed by atoms with Gasteiger partial charge in [-0.25, -0.2) is 4.98 Å². The van der Waals surface area contributed by atoms with Crippen molar-refractivity contribution in [3.05, 3.63) is 54.3 Å². The molecular formula is C15H14N4O2. The molecule has 0 N–H and O–H groups in total. The summed E-state index contributed by atoms with van der Waals surface area (Å²) in [4.78, 5) is 19.0. The molecule has 1 atom stereocenters. The monoisotopic (exact) mass is 282 g/mol. The molecule has 1 fully saturated rings. The Labute approximate surface area is 121 Å². The van der Waals surface area contributed by atoms with Gasteiger partial charge in [0, 0.05) is 18.8 Å². The quantitative estimate of drug-likeness (QED) is 0.723. The summed E-state index contributed by atoms with van der Waals surface area (Å²) in [6.45, 7) is 0.733. The summed E-state index contributed by atoms with van der Waals surface area (Å²) >= 11 is 0. The van der Waals surface area contributed by atoms with Crippen LogP contribution in [0.5, 0.6) is 0 Å². The van der Waals surface area contributed by atoms with Crippen molar-refractivity contribution in [1.29, 1.82) is 0 Å². The van der Waals surface area contributed by atoms with Crippen LogP contribution in [-0.2, 0) is 0 Å². The molecular weight excluding hydrogens is 268 g/mol. The first-order chi connectivity index (χ1) is 10.3. The largest absolute Gasteiger partial charge is 0.364 e. The lowest BCUT2D eigenvalue weighted by molar-refractivity contribution is 0.0724. The van der Waals surface area contributed by atoms with Crippen molar-refractivity contribution in [3.63, 3.8) is 0 Å². The van der Waals surface area contributed by atoms with Crippen LogP contribution in [0.15, 0.2) is 47.4 Å². The van der Waals surface area contributed by atoms with E-state index in [1.165, 1.54) is 0 Å². The minimum atomic E-state index is -0.0146. The summed E-state index contributed by atoms with van der Waals surface area (Å²) in [6, 6.07) is 7.50. The Hall–Kier alpha value is -2.63. The topological polar surface area (TPSA) is 63.6 Å². The first kappa shape index (κ1) is 12.1. The maximum Gasteiger partial charge on any atom is 0.273 e. The fraction of sp³-hybridized carbons (Fsp3) is 0.267. The second-order valence-corrected chi connectivity index (χ2v) is 5.15. The molecule has 106 valence electrons. The summed E-state index contributed by atoms with van der Waals surface area (Å²) in [5, 5.41) is 3.98. The lowest BCUT2D eigenvalue weighted by atomic mass is 10.1. The Morgan fingerprint density at radius 3 is 3.14 bits per heavy atom. The van der Waals surface area contributed by atoms with E-state index in [4.69, 9.17) is 4.52 Å². The fourth-order valence-corrected chi connectivity index (χ4v) is 2.95. The van der Waals surface area contributed by atoms with E-state index in [9.17, 15) is 4.79 Å². The van der Waals surface area contributed by atoms with Gasteiger partial charge in [0.2, 0.25) is 0 Å². The van der Waals surface area contributed by atoms with E-state index in [0.717, 1.165) is 30.7 Å². The highest BCUT2D eigenvalue weighted by atomic mass is 16.5. The molecule has 0 spiro atoms. The van der Waals surface area contributed by atoms with Gasteiger partial charge in [0.25, 0.3) is 5.91 Å². The van der Waals surface area contributed by atoms with Crippen molar-refractivity contribution in [2.75, 3.05) is 6.54 Å². The molecule has 1 saturated heterocycles. The van der Waals surface area contributed by atoms with E-state index in [1.54, 1.807) is 12.5 Å². The number of hydrogen-bond donors (Lipinski definition) is 0. The highest BCUT2D eigenvalue weighted by molar-refractivity contribution is 5.93. The van der Waals surface area contributed by atoms with Gasteiger partial charge in [-0.15, -0.1) is 0 Å².